The number of carbonyl (C=O) groups excluding carboxylic acids is 1. The number of aliphatic carboxylic acids is 1. The molecule has 216 valence electrons. The molecule has 0 aliphatic carbocycles. The van der Waals surface area contributed by atoms with Gasteiger partial charge in [-0.1, -0.05) is 72.8 Å². The van der Waals surface area contributed by atoms with E-state index < -0.39 is 39.3 Å². The number of nitrogens with one attached hydrogen (secondary N) is 1. The Morgan fingerprint density at radius 3 is 2.07 bits per heavy atom. The summed E-state index contributed by atoms with van der Waals surface area (Å²) in [5.41, 5.74) is 4.57. The summed E-state index contributed by atoms with van der Waals surface area (Å²) in [7, 11) is -3.80. The Balaban J connectivity index is 1.29. The van der Waals surface area contributed by atoms with E-state index in [2.05, 4.69) is 5.32 Å². The minimum Gasteiger partial charge on any atom is -0.480 e. The van der Waals surface area contributed by atoms with Crippen LogP contribution in [-0.4, -0.2) is 43.0 Å². The van der Waals surface area contributed by atoms with Crippen molar-refractivity contribution in [3.05, 3.63) is 91.0 Å². The van der Waals surface area contributed by atoms with Gasteiger partial charge >= 0.3 is 12.1 Å². The summed E-state index contributed by atoms with van der Waals surface area (Å²) >= 11 is 0. The number of para-hydroxylation sites is 2. The van der Waals surface area contributed by atoms with Crippen LogP contribution < -0.4 is 5.32 Å². The summed E-state index contributed by atoms with van der Waals surface area (Å²) in [6.45, 7) is 4.94. The van der Waals surface area contributed by atoms with Gasteiger partial charge in [-0.2, -0.15) is 0 Å². The number of alkyl carbamates (subject to hydrolysis) is 1. The van der Waals surface area contributed by atoms with Gasteiger partial charge in [0, 0.05) is 16.3 Å². The maximum atomic E-state index is 12.9. The molecule has 1 atom stereocenters. The van der Waals surface area contributed by atoms with Crippen molar-refractivity contribution < 1.29 is 32.3 Å². The van der Waals surface area contributed by atoms with Gasteiger partial charge in [0.15, 0.2) is 9.84 Å². The minimum atomic E-state index is -3.80. The number of furan rings is 1. The van der Waals surface area contributed by atoms with Crippen LogP contribution in [-0.2, 0) is 19.4 Å². The molecule has 0 bridgehead atoms. The maximum Gasteiger partial charge on any atom is 0.408 e. The largest absolute Gasteiger partial charge is 0.480 e. The van der Waals surface area contributed by atoms with Crippen LogP contribution >= 0.6 is 0 Å². The first-order valence-corrected chi connectivity index (χ1v) is 15.1. The second kappa shape index (κ2) is 11.3. The van der Waals surface area contributed by atoms with Gasteiger partial charge in [-0.15, -0.1) is 0 Å². The monoisotopic (exact) mass is 585 g/mol. The van der Waals surface area contributed by atoms with E-state index in [4.69, 9.17) is 9.15 Å². The second-order valence-electron chi connectivity index (χ2n) is 11.0. The van der Waals surface area contributed by atoms with E-state index in [1.807, 2.05) is 66.7 Å². The molecule has 1 amide bonds. The Hall–Kier alpha value is -4.63. The number of benzene rings is 4. The number of fused-ring (bicyclic) bond motifs is 3. The van der Waals surface area contributed by atoms with Crippen molar-refractivity contribution in [2.75, 3.05) is 5.75 Å². The van der Waals surface area contributed by atoms with E-state index in [-0.39, 0.29) is 11.3 Å². The summed E-state index contributed by atoms with van der Waals surface area (Å²) in [6, 6.07) is 27.0. The van der Waals surface area contributed by atoms with Crippen LogP contribution in [0.3, 0.4) is 0 Å². The smallest absolute Gasteiger partial charge is 0.408 e. The summed E-state index contributed by atoms with van der Waals surface area (Å²) in [5.74, 6) is -1.80. The minimum absolute atomic E-state index is 0.0702. The predicted octanol–water partition coefficient (Wildman–Crippen LogP) is 7.06. The molecule has 0 aliphatic heterocycles. The number of amides is 1. The van der Waals surface area contributed by atoms with E-state index in [9.17, 15) is 23.1 Å². The zero-order valence-electron chi connectivity index (χ0n) is 23.5. The lowest BCUT2D eigenvalue weighted by Crippen LogP contribution is -2.44. The summed E-state index contributed by atoms with van der Waals surface area (Å²) in [5, 5.41) is 13.8. The van der Waals surface area contributed by atoms with Crippen molar-refractivity contribution in [1.82, 2.24) is 5.32 Å². The fraction of sp³-hybridized carbons (Fsp3) is 0.212. The van der Waals surface area contributed by atoms with Crippen LogP contribution in [0.25, 0.3) is 44.2 Å². The Kier molecular flexibility index (Phi) is 7.79. The number of carbonyl (C=O) groups is 2. The van der Waals surface area contributed by atoms with Gasteiger partial charge in [-0.3, -0.25) is 0 Å². The molecular formula is C33H31NO7S. The van der Waals surface area contributed by atoms with Crippen LogP contribution in [0.5, 0.6) is 0 Å². The Bertz CT molecular complexity index is 1870. The van der Waals surface area contributed by atoms with Crippen molar-refractivity contribution in [3.63, 3.8) is 0 Å². The highest BCUT2D eigenvalue weighted by molar-refractivity contribution is 7.91. The highest BCUT2D eigenvalue weighted by atomic mass is 32.2. The standard InChI is InChI=1S/C33H31NO7S/c1-33(2,3)41-32(37)34-28(31(35)36)19-20-42(38,39)24-17-15-22(16-18-24)21-11-13-23(14-12-21)25-8-6-9-27-26-7-4-5-10-29(26)40-30(25)27/h4-18,28H,19-20H2,1-3H3,(H,34,37)(H,35,36). The van der Waals surface area contributed by atoms with Crippen LogP contribution in [0.1, 0.15) is 27.2 Å². The van der Waals surface area contributed by atoms with Gasteiger partial charge in [-0.25, -0.2) is 18.0 Å². The highest BCUT2D eigenvalue weighted by Gasteiger charge is 2.26. The SMILES string of the molecule is CC(C)(C)OC(=O)NC(CCS(=O)(=O)c1ccc(-c2ccc(-c3cccc4c3oc3ccccc34)cc2)cc1)C(=O)O. The Morgan fingerprint density at radius 1 is 0.833 bits per heavy atom. The Morgan fingerprint density at radius 2 is 1.43 bits per heavy atom. The van der Waals surface area contributed by atoms with Crippen molar-refractivity contribution in [1.29, 1.82) is 0 Å². The lowest BCUT2D eigenvalue weighted by Gasteiger charge is -2.22. The second-order valence-corrected chi connectivity index (χ2v) is 13.1. The lowest BCUT2D eigenvalue weighted by atomic mass is 9.99. The van der Waals surface area contributed by atoms with Crippen LogP contribution in [0.15, 0.2) is 100 Å². The molecule has 2 N–H and O–H groups in total. The third-order valence-corrected chi connectivity index (χ3v) is 8.57. The van der Waals surface area contributed by atoms with Gasteiger partial charge in [0.25, 0.3) is 0 Å². The van der Waals surface area contributed by atoms with Gasteiger partial charge in [0.05, 0.1) is 10.6 Å². The number of carboxylic acids is 1. The predicted molar refractivity (Wildman–Crippen MR) is 162 cm³/mol. The first kappa shape index (κ1) is 28.9. The Labute approximate surface area is 243 Å². The van der Waals surface area contributed by atoms with Crippen molar-refractivity contribution in [2.45, 2.75) is 43.7 Å². The third kappa shape index (κ3) is 6.31. The third-order valence-electron chi connectivity index (χ3n) is 6.81. The number of hydrogen-bond acceptors (Lipinski definition) is 6. The van der Waals surface area contributed by atoms with Crippen molar-refractivity contribution >= 4 is 43.8 Å². The van der Waals surface area contributed by atoms with E-state index >= 15 is 0 Å². The number of hydrogen-bond donors (Lipinski definition) is 2. The van der Waals surface area contributed by atoms with Gasteiger partial charge in [-0.05, 0) is 62.1 Å². The number of sulfone groups is 1. The molecule has 1 heterocycles. The first-order chi connectivity index (χ1) is 19.9. The first-order valence-electron chi connectivity index (χ1n) is 13.5. The molecule has 0 saturated carbocycles. The van der Waals surface area contributed by atoms with Gasteiger partial charge < -0.3 is 19.6 Å². The molecule has 5 aromatic rings. The lowest BCUT2D eigenvalue weighted by molar-refractivity contribution is -0.139. The molecule has 42 heavy (non-hydrogen) atoms. The van der Waals surface area contributed by atoms with E-state index in [1.165, 1.54) is 12.1 Å². The van der Waals surface area contributed by atoms with E-state index in [1.54, 1.807) is 32.9 Å². The summed E-state index contributed by atoms with van der Waals surface area (Å²) in [4.78, 5) is 23.7. The molecule has 0 fully saturated rings. The van der Waals surface area contributed by atoms with E-state index in [0.717, 1.165) is 44.2 Å². The molecule has 0 spiro atoms. The summed E-state index contributed by atoms with van der Waals surface area (Å²) in [6.07, 6.45) is -1.23. The molecule has 0 radical (unpaired) electrons. The average molecular weight is 586 g/mol. The van der Waals surface area contributed by atoms with Crippen LogP contribution in [0, 0.1) is 0 Å². The zero-order valence-corrected chi connectivity index (χ0v) is 24.3. The van der Waals surface area contributed by atoms with Crippen LogP contribution in [0.2, 0.25) is 0 Å². The topological polar surface area (TPSA) is 123 Å². The van der Waals surface area contributed by atoms with Crippen LogP contribution in [0.4, 0.5) is 4.79 Å². The fourth-order valence-corrected chi connectivity index (χ4v) is 6.10. The molecule has 5 rings (SSSR count). The zero-order chi connectivity index (χ0) is 30.1. The molecule has 0 aliphatic rings. The number of rotatable bonds is 8. The molecular weight excluding hydrogens is 554 g/mol. The van der Waals surface area contributed by atoms with Crippen molar-refractivity contribution in [2.24, 2.45) is 0 Å². The number of ether oxygens (including phenoxy) is 1. The molecule has 8 nitrogen and oxygen atoms in total. The maximum absolute atomic E-state index is 12.9. The highest BCUT2D eigenvalue weighted by Crippen LogP contribution is 2.36. The molecule has 4 aromatic carbocycles. The summed E-state index contributed by atoms with van der Waals surface area (Å²) < 4.78 is 37.2. The quantitative estimate of drug-likeness (QED) is 0.200. The molecule has 0 saturated heterocycles. The van der Waals surface area contributed by atoms with Crippen molar-refractivity contribution in [3.8, 4) is 22.3 Å². The van der Waals surface area contributed by atoms with Gasteiger partial charge in [0.1, 0.15) is 22.8 Å². The van der Waals surface area contributed by atoms with Gasteiger partial charge in [0.2, 0.25) is 0 Å². The normalized spacial score (nSPS) is 12.7. The average Bonchev–Trinajstić information content (AvgIpc) is 3.33. The molecule has 1 unspecified atom stereocenters. The molecule has 9 heteroatoms. The molecule has 1 aromatic heterocycles. The number of carboxylic acid groups (broad SMARTS) is 1. The van der Waals surface area contributed by atoms with E-state index in [0.29, 0.717) is 0 Å². The fourth-order valence-electron chi connectivity index (χ4n) is 4.77.